The van der Waals surface area contributed by atoms with Crippen LogP contribution in [0.25, 0.3) is 0 Å². The number of aromatic nitrogens is 1. The summed E-state index contributed by atoms with van der Waals surface area (Å²) in [4.78, 5) is 20.6. The minimum absolute atomic E-state index is 0.102. The van der Waals surface area contributed by atoms with Gasteiger partial charge in [-0.1, -0.05) is 18.2 Å². The minimum atomic E-state index is -0.263. The van der Waals surface area contributed by atoms with Gasteiger partial charge in [-0.05, 0) is 49.8 Å². The normalized spacial score (nSPS) is 10.8. The maximum Gasteiger partial charge on any atom is 0.223 e. The molecule has 128 valence electrons. The van der Waals surface area contributed by atoms with Crippen molar-refractivity contribution >= 4 is 5.91 Å². The second-order valence-corrected chi connectivity index (χ2v) is 6.11. The van der Waals surface area contributed by atoms with Crippen molar-refractivity contribution in [1.82, 2.24) is 14.8 Å². The molecule has 0 N–H and O–H groups in total. The van der Waals surface area contributed by atoms with Crippen molar-refractivity contribution in [3.8, 4) is 0 Å². The van der Waals surface area contributed by atoms with Crippen LogP contribution in [0.3, 0.4) is 0 Å². The lowest BCUT2D eigenvalue weighted by molar-refractivity contribution is -0.131. The molecule has 0 aliphatic heterocycles. The molecule has 1 aromatic heterocycles. The molecule has 0 aliphatic rings. The zero-order valence-corrected chi connectivity index (χ0v) is 14.3. The Labute approximate surface area is 142 Å². The number of rotatable bonds is 8. The molecule has 0 fully saturated rings. The third-order valence-corrected chi connectivity index (χ3v) is 3.81. The summed E-state index contributed by atoms with van der Waals surface area (Å²) in [7, 11) is 3.96. The van der Waals surface area contributed by atoms with E-state index in [2.05, 4.69) is 4.98 Å². The quantitative estimate of drug-likeness (QED) is 0.747. The van der Waals surface area contributed by atoms with E-state index in [1.807, 2.05) is 36.0 Å². The maximum absolute atomic E-state index is 13.1. The fraction of sp³-hybridized carbons (Fsp3) is 0.368. The van der Waals surface area contributed by atoms with Crippen molar-refractivity contribution in [2.75, 3.05) is 27.2 Å². The summed E-state index contributed by atoms with van der Waals surface area (Å²) in [6.45, 7) is 1.94. The first-order chi connectivity index (χ1) is 11.5. The summed E-state index contributed by atoms with van der Waals surface area (Å²) in [6.07, 6.45) is 4.63. The average molecular weight is 329 g/mol. The smallest absolute Gasteiger partial charge is 0.223 e. The zero-order chi connectivity index (χ0) is 17.4. The molecule has 0 radical (unpaired) electrons. The number of likely N-dealkylation sites (N-methyl/N-ethyl adjacent to an activating group) is 1. The van der Waals surface area contributed by atoms with Crippen LogP contribution in [0, 0.1) is 5.82 Å². The highest BCUT2D eigenvalue weighted by Gasteiger charge is 2.14. The highest BCUT2D eigenvalue weighted by atomic mass is 19.1. The van der Waals surface area contributed by atoms with E-state index in [-0.39, 0.29) is 11.7 Å². The van der Waals surface area contributed by atoms with E-state index in [9.17, 15) is 9.18 Å². The molecule has 4 nitrogen and oxygen atoms in total. The third-order valence-electron chi connectivity index (χ3n) is 3.81. The topological polar surface area (TPSA) is 36.4 Å². The third kappa shape index (κ3) is 6.08. The molecule has 0 saturated heterocycles. The highest BCUT2D eigenvalue weighted by Crippen LogP contribution is 2.10. The Balaban J connectivity index is 1.98. The second-order valence-electron chi connectivity index (χ2n) is 6.11. The minimum Gasteiger partial charge on any atom is -0.337 e. The van der Waals surface area contributed by atoms with Gasteiger partial charge < -0.3 is 9.80 Å². The zero-order valence-electron chi connectivity index (χ0n) is 14.3. The van der Waals surface area contributed by atoms with Gasteiger partial charge >= 0.3 is 0 Å². The first-order valence-corrected chi connectivity index (χ1v) is 8.10. The maximum atomic E-state index is 13.1. The van der Waals surface area contributed by atoms with Gasteiger partial charge in [0, 0.05) is 38.4 Å². The fourth-order valence-corrected chi connectivity index (χ4v) is 2.38. The van der Waals surface area contributed by atoms with Crippen molar-refractivity contribution < 1.29 is 9.18 Å². The highest BCUT2D eigenvalue weighted by molar-refractivity contribution is 5.76. The fourth-order valence-electron chi connectivity index (χ4n) is 2.38. The van der Waals surface area contributed by atoms with Crippen LogP contribution in [0.4, 0.5) is 4.39 Å². The Morgan fingerprint density at radius 2 is 1.83 bits per heavy atom. The van der Waals surface area contributed by atoms with Gasteiger partial charge in [0.15, 0.2) is 0 Å². The van der Waals surface area contributed by atoms with Crippen molar-refractivity contribution in [2.45, 2.75) is 19.4 Å². The number of pyridine rings is 1. The van der Waals surface area contributed by atoms with E-state index in [1.54, 1.807) is 24.5 Å². The summed E-state index contributed by atoms with van der Waals surface area (Å²) in [5.74, 6) is -0.161. The van der Waals surface area contributed by atoms with Crippen LogP contribution in [-0.4, -0.2) is 47.9 Å². The number of aryl methyl sites for hydroxylation is 1. The molecule has 24 heavy (non-hydrogen) atoms. The lowest BCUT2D eigenvalue weighted by Gasteiger charge is -2.24. The van der Waals surface area contributed by atoms with Gasteiger partial charge in [0.05, 0.1) is 0 Å². The molecule has 2 rings (SSSR count). The molecule has 0 unspecified atom stereocenters. The molecule has 0 atom stereocenters. The number of hydrogen-bond donors (Lipinski definition) is 0. The van der Waals surface area contributed by atoms with Crippen molar-refractivity contribution in [3.05, 3.63) is 65.7 Å². The summed E-state index contributed by atoms with van der Waals surface area (Å²) in [6, 6.07) is 10.2. The molecule has 5 heteroatoms. The first-order valence-electron chi connectivity index (χ1n) is 8.10. The van der Waals surface area contributed by atoms with E-state index >= 15 is 0 Å². The number of benzene rings is 1. The largest absolute Gasteiger partial charge is 0.337 e. The van der Waals surface area contributed by atoms with Crippen LogP contribution < -0.4 is 0 Å². The second kappa shape index (κ2) is 9.13. The van der Waals surface area contributed by atoms with E-state index in [4.69, 9.17) is 0 Å². The number of hydrogen-bond acceptors (Lipinski definition) is 3. The Morgan fingerprint density at radius 3 is 2.46 bits per heavy atom. The Hall–Kier alpha value is -2.27. The number of nitrogens with zero attached hydrogens (tertiary/aromatic N) is 3. The van der Waals surface area contributed by atoms with Gasteiger partial charge in [-0.3, -0.25) is 9.78 Å². The lowest BCUT2D eigenvalue weighted by atomic mass is 10.1. The summed E-state index contributed by atoms with van der Waals surface area (Å²) < 4.78 is 13.1. The molecule has 1 amide bonds. The Morgan fingerprint density at radius 1 is 1.08 bits per heavy atom. The SMILES string of the molecule is CN(C)CCN(Cc1ccc(F)cc1)C(=O)CCc1cccnc1. The number of amides is 1. The summed E-state index contributed by atoms with van der Waals surface area (Å²) in [5.41, 5.74) is 1.99. The van der Waals surface area contributed by atoms with Crippen molar-refractivity contribution in [1.29, 1.82) is 0 Å². The molecule has 0 spiro atoms. The van der Waals surface area contributed by atoms with Crippen LogP contribution in [0.15, 0.2) is 48.8 Å². The van der Waals surface area contributed by atoms with Crippen LogP contribution in [0.2, 0.25) is 0 Å². The standard InChI is InChI=1S/C19H24FN3O/c1-22(2)12-13-23(15-17-5-8-18(20)9-6-17)19(24)10-7-16-4-3-11-21-14-16/h3-6,8-9,11,14H,7,10,12-13,15H2,1-2H3. The molecule has 2 aromatic rings. The van der Waals surface area contributed by atoms with Crippen LogP contribution in [-0.2, 0) is 17.8 Å². The van der Waals surface area contributed by atoms with Gasteiger partial charge in [-0.2, -0.15) is 0 Å². The van der Waals surface area contributed by atoms with E-state index < -0.39 is 0 Å². The molecular weight excluding hydrogens is 305 g/mol. The van der Waals surface area contributed by atoms with Gasteiger partial charge in [0.25, 0.3) is 0 Å². The molecule has 1 aromatic carbocycles. The van der Waals surface area contributed by atoms with Gasteiger partial charge in [0.1, 0.15) is 5.82 Å². The van der Waals surface area contributed by atoms with E-state index in [0.717, 1.165) is 17.7 Å². The van der Waals surface area contributed by atoms with Crippen LogP contribution >= 0.6 is 0 Å². The first kappa shape index (κ1) is 18.1. The van der Waals surface area contributed by atoms with Crippen LogP contribution in [0.1, 0.15) is 17.5 Å². The van der Waals surface area contributed by atoms with Crippen molar-refractivity contribution in [3.63, 3.8) is 0 Å². The Kier molecular flexibility index (Phi) is 6.88. The number of halogens is 1. The number of carbonyl (C=O) groups is 1. The van der Waals surface area contributed by atoms with E-state index in [0.29, 0.717) is 25.9 Å². The molecule has 0 saturated carbocycles. The average Bonchev–Trinajstić information content (AvgIpc) is 2.59. The van der Waals surface area contributed by atoms with E-state index in [1.165, 1.54) is 12.1 Å². The molecule has 1 heterocycles. The lowest BCUT2D eigenvalue weighted by Crippen LogP contribution is -2.36. The predicted molar refractivity (Wildman–Crippen MR) is 92.9 cm³/mol. The van der Waals surface area contributed by atoms with Gasteiger partial charge in [-0.15, -0.1) is 0 Å². The molecule has 0 aliphatic carbocycles. The van der Waals surface area contributed by atoms with Crippen LogP contribution in [0.5, 0.6) is 0 Å². The Bertz CT molecular complexity index is 629. The number of carbonyl (C=O) groups excluding carboxylic acids is 1. The monoisotopic (exact) mass is 329 g/mol. The molecule has 0 bridgehead atoms. The van der Waals surface area contributed by atoms with Crippen molar-refractivity contribution in [2.24, 2.45) is 0 Å². The van der Waals surface area contributed by atoms with Gasteiger partial charge in [0.2, 0.25) is 5.91 Å². The molecular formula is C19H24FN3O. The summed E-state index contributed by atoms with van der Waals surface area (Å²) in [5, 5.41) is 0. The predicted octanol–water partition coefficient (Wildman–Crippen LogP) is 2.74. The summed E-state index contributed by atoms with van der Waals surface area (Å²) >= 11 is 0. The van der Waals surface area contributed by atoms with Gasteiger partial charge in [-0.25, -0.2) is 4.39 Å².